The van der Waals surface area contributed by atoms with Crippen LogP contribution in [0.5, 0.6) is 0 Å². The molecule has 1 fully saturated rings. The first kappa shape index (κ1) is 17.5. The van der Waals surface area contributed by atoms with Crippen LogP contribution in [0.1, 0.15) is 27.8 Å². The number of morpholine rings is 1. The first-order chi connectivity index (χ1) is 14.3. The van der Waals surface area contributed by atoms with Gasteiger partial charge in [-0.15, -0.1) is 0 Å². The van der Waals surface area contributed by atoms with Gasteiger partial charge in [0.25, 0.3) is 5.91 Å². The third-order valence-corrected chi connectivity index (χ3v) is 5.07. The van der Waals surface area contributed by atoms with Gasteiger partial charge in [0.2, 0.25) is 0 Å². The second-order valence-corrected chi connectivity index (χ2v) is 6.88. The van der Waals surface area contributed by atoms with Gasteiger partial charge >= 0.3 is 0 Å². The number of H-pyrrole nitrogens is 1. The summed E-state index contributed by atoms with van der Waals surface area (Å²) < 4.78 is 7.51. The van der Waals surface area contributed by atoms with E-state index in [0.717, 1.165) is 11.1 Å². The lowest BCUT2D eigenvalue weighted by atomic mass is 10.1. The number of amides is 1. The van der Waals surface area contributed by atoms with Gasteiger partial charge in [0.05, 0.1) is 19.8 Å². The number of aromatic nitrogens is 6. The molecule has 4 aromatic rings. The molecule has 0 aliphatic carbocycles. The number of aromatic amines is 1. The van der Waals surface area contributed by atoms with Crippen molar-refractivity contribution in [1.82, 2.24) is 35.1 Å². The Morgan fingerprint density at radius 3 is 2.90 bits per heavy atom. The van der Waals surface area contributed by atoms with E-state index in [-0.39, 0.29) is 11.9 Å². The Hall–Kier alpha value is -3.59. The van der Waals surface area contributed by atoms with E-state index >= 15 is 0 Å². The molecule has 0 radical (unpaired) electrons. The van der Waals surface area contributed by atoms with E-state index in [4.69, 9.17) is 4.74 Å². The zero-order valence-electron chi connectivity index (χ0n) is 15.6. The fourth-order valence-electron chi connectivity index (χ4n) is 3.61. The lowest BCUT2D eigenvalue weighted by molar-refractivity contribution is -0.00634. The molecule has 2 aromatic carbocycles. The SMILES string of the molecule is O=C(c1ccc2n[nH]nc2c1)N1CCOC[C@@H]1c1ncnn1Cc1ccccc1. The highest BCUT2D eigenvalue weighted by Crippen LogP contribution is 2.25. The number of rotatable bonds is 4. The van der Waals surface area contributed by atoms with Gasteiger partial charge in [0.1, 0.15) is 23.4 Å². The van der Waals surface area contributed by atoms with E-state index < -0.39 is 0 Å². The van der Waals surface area contributed by atoms with Gasteiger partial charge in [-0.25, -0.2) is 9.67 Å². The van der Waals surface area contributed by atoms with Crippen LogP contribution in [0.25, 0.3) is 11.0 Å². The maximum absolute atomic E-state index is 13.3. The molecular formula is C20H19N7O2. The summed E-state index contributed by atoms with van der Waals surface area (Å²) >= 11 is 0. The van der Waals surface area contributed by atoms with Crippen molar-refractivity contribution in [3.63, 3.8) is 0 Å². The molecule has 29 heavy (non-hydrogen) atoms. The average molecular weight is 389 g/mol. The molecule has 9 nitrogen and oxygen atoms in total. The number of nitrogens with one attached hydrogen (secondary N) is 1. The second kappa shape index (κ2) is 7.44. The van der Waals surface area contributed by atoms with E-state index in [0.29, 0.717) is 43.2 Å². The number of carbonyl (C=O) groups is 1. The number of carbonyl (C=O) groups excluding carboxylic acids is 1. The molecule has 1 aliphatic rings. The van der Waals surface area contributed by atoms with E-state index in [2.05, 4.69) is 25.5 Å². The molecule has 0 bridgehead atoms. The van der Waals surface area contributed by atoms with E-state index in [1.807, 2.05) is 35.0 Å². The monoisotopic (exact) mass is 389 g/mol. The number of hydrogen-bond donors (Lipinski definition) is 1. The summed E-state index contributed by atoms with van der Waals surface area (Å²) in [5, 5.41) is 15.1. The number of hydrogen-bond acceptors (Lipinski definition) is 6. The topological polar surface area (TPSA) is 102 Å². The molecule has 3 heterocycles. The van der Waals surface area contributed by atoms with E-state index in [9.17, 15) is 4.79 Å². The van der Waals surface area contributed by atoms with Gasteiger partial charge in [-0.3, -0.25) is 4.79 Å². The highest BCUT2D eigenvalue weighted by Gasteiger charge is 2.33. The van der Waals surface area contributed by atoms with Gasteiger partial charge in [-0.1, -0.05) is 30.3 Å². The highest BCUT2D eigenvalue weighted by atomic mass is 16.5. The first-order valence-corrected chi connectivity index (χ1v) is 9.40. The summed E-state index contributed by atoms with van der Waals surface area (Å²) in [4.78, 5) is 19.6. The Labute approximate surface area is 166 Å². The third kappa shape index (κ3) is 3.36. The number of nitrogens with zero attached hydrogens (tertiary/aromatic N) is 6. The average Bonchev–Trinajstić information content (AvgIpc) is 3.42. The normalized spacial score (nSPS) is 17.0. The Bertz CT molecular complexity index is 1140. The van der Waals surface area contributed by atoms with Crippen molar-refractivity contribution < 1.29 is 9.53 Å². The first-order valence-electron chi connectivity index (χ1n) is 9.40. The maximum Gasteiger partial charge on any atom is 0.254 e. The van der Waals surface area contributed by atoms with Crippen LogP contribution in [-0.2, 0) is 11.3 Å². The summed E-state index contributed by atoms with van der Waals surface area (Å²) in [5.41, 5.74) is 3.06. The standard InChI is InChI=1S/C20H19N7O2/c28-20(15-6-7-16-17(10-15)24-25-23-16)26-8-9-29-12-18(26)19-21-13-22-27(19)11-14-4-2-1-3-5-14/h1-7,10,13,18H,8-9,11-12H2,(H,23,24,25)/t18-/m1/s1. The zero-order valence-corrected chi connectivity index (χ0v) is 15.6. The van der Waals surface area contributed by atoms with Gasteiger partial charge < -0.3 is 9.64 Å². The summed E-state index contributed by atoms with van der Waals surface area (Å²) in [6.07, 6.45) is 1.52. The lowest BCUT2D eigenvalue weighted by Crippen LogP contribution is -2.44. The maximum atomic E-state index is 13.3. The minimum Gasteiger partial charge on any atom is -0.377 e. The summed E-state index contributed by atoms with van der Waals surface area (Å²) in [5.74, 6) is 0.627. The van der Waals surface area contributed by atoms with Crippen molar-refractivity contribution >= 4 is 16.9 Å². The summed E-state index contributed by atoms with van der Waals surface area (Å²) in [6.45, 7) is 1.94. The smallest absolute Gasteiger partial charge is 0.254 e. The summed E-state index contributed by atoms with van der Waals surface area (Å²) in [6, 6.07) is 15.0. The van der Waals surface area contributed by atoms with Crippen LogP contribution >= 0.6 is 0 Å². The van der Waals surface area contributed by atoms with Crippen molar-refractivity contribution in [2.75, 3.05) is 19.8 Å². The molecule has 1 saturated heterocycles. The molecular weight excluding hydrogens is 370 g/mol. The number of ether oxygens (including phenoxy) is 1. The molecule has 2 aromatic heterocycles. The molecule has 1 amide bonds. The Kier molecular flexibility index (Phi) is 4.49. The fraction of sp³-hybridized carbons (Fsp3) is 0.250. The summed E-state index contributed by atoms with van der Waals surface area (Å²) in [7, 11) is 0. The third-order valence-electron chi connectivity index (χ3n) is 5.07. The predicted octanol–water partition coefficient (Wildman–Crippen LogP) is 1.81. The molecule has 5 rings (SSSR count). The van der Waals surface area contributed by atoms with Crippen LogP contribution in [0, 0.1) is 0 Å². The van der Waals surface area contributed by atoms with Crippen molar-refractivity contribution in [2.45, 2.75) is 12.6 Å². The van der Waals surface area contributed by atoms with Crippen LogP contribution in [0.2, 0.25) is 0 Å². The Balaban J connectivity index is 1.44. The molecule has 1 atom stereocenters. The zero-order chi connectivity index (χ0) is 19.6. The lowest BCUT2D eigenvalue weighted by Gasteiger charge is -2.35. The minimum absolute atomic E-state index is 0.0857. The quantitative estimate of drug-likeness (QED) is 0.571. The van der Waals surface area contributed by atoms with E-state index in [1.54, 1.807) is 23.1 Å². The van der Waals surface area contributed by atoms with Crippen LogP contribution in [-0.4, -0.2) is 60.7 Å². The molecule has 0 unspecified atom stereocenters. The van der Waals surface area contributed by atoms with Crippen LogP contribution in [0.4, 0.5) is 0 Å². The van der Waals surface area contributed by atoms with Crippen molar-refractivity contribution in [1.29, 1.82) is 0 Å². The fourth-order valence-corrected chi connectivity index (χ4v) is 3.61. The van der Waals surface area contributed by atoms with Crippen molar-refractivity contribution in [3.8, 4) is 0 Å². The highest BCUT2D eigenvalue weighted by molar-refractivity contribution is 5.97. The molecule has 0 saturated carbocycles. The Morgan fingerprint density at radius 2 is 2.00 bits per heavy atom. The minimum atomic E-state index is -0.310. The second-order valence-electron chi connectivity index (χ2n) is 6.88. The largest absolute Gasteiger partial charge is 0.377 e. The molecule has 1 N–H and O–H groups in total. The molecule has 9 heteroatoms. The van der Waals surface area contributed by atoms with Crippen LogP contribution in [0.3, 0.4) is 0 Å². The molecule has 1 aliphatic heterocycles. The molecule has 0 spiro atoms. The number of benzene rings is 2. The van der Waals surface area contributed by atoms with Crippen LogP contribution in [0.15, 0.2) is 54.9 Å². The number of fused-ring (bicyclic) bond motifs is 1. The van der Waals surface area contributed by atoms with Gasteiger partial charge in [0.15, 0.2) is 5.82 Å². The predicted molar refractivity (Wildman–Crippen MR) is 104 cm³/mol. The van der Waals surface area contributed by atoms with E-state index in [1.165, 1.54) is 6.33 Å². The van der Waals surface area contributed by atoms with Gasteiger partial charge in [0, 0.05) is 12.1 Å². The van der Waals surface area contributed by atoms with Crippen LogP contribution < -0.4 is 0 Å². The Morgan fingerprint density at radius 1 is 1.14 bits per heavy atom. The molecule has 146 valence electrons. The van der Waals surface area contributed by atoms with Crippen molar-refractivity contribution in [2.24, 2.45) is 0 Å². The van der Waals surface area contributed by atoms with Gasteiger partial charge in [-0.2, -0.15) is 20.5 Å². The van der Waals surface area contributed by atoms with Crippen molar-refractivity contribution in [3.05, 3.63) is 71.8 Å². The van der Waals surface area contributed by atoms with Gasteiger partial charge in [-0.05, 0) is 23.8 Å².